The van der Waals surface area contributed by atoms with E-state index in [0.717, 1.165) is 12.3 Å². The van der Waals surface area contributed by atoms with E-state index in [1.165, 1.54) is 12.1 Å². The van der Waals surface area contributed by atoms with Crippen LogP contribution in [0.25, 0.3) is 0 Å². The maximum atomic E-state index is 14.9. The second-order valence-electron chi connectivity index (χ2n) is 15.7. The molecule has 33 heteroatoms. The number of rotatable bonds is 22. The summed E-state index contributed by atoms with van der Waals surface area (Å²) in [4.78, 5) is 80.6. The van der Waals surface area contributed by atoms with Crippen molar-refractivity contribution in [3.63, 3.8) is 0 Å². The van der Waals surface area contributed by atoms with Crippen LogP contribution >= 0.6 is 7.82 Å². The number of aliphatic hydroxyl groups excluding tert-OH is 2. The molecule has 2 saturated heterocycles. The minimum atomic E-state index is -6.02. The molecule has 2 aromatic heterocycles. The summed E-state index contributed by atoms with van der Waals surface area (Å²) < 4.78 is 154. The predicted molar refractivity (Wildman–Crippen MR) is 229 cm³/mol. The number of hydrogen-bond acceptors (Lipinski definition) is 22. The van der Waals surface area contributed by atoms with Gasteiger partial charge < -0.3 is 53.2 Å². The molecular formula is C42H42F6N5O21P. The Morgan fingerprint density at radius 3 is 1.81 bits per heavy atom. The number of benzene rings is 2. The van der Waals surface area contributed by atoms with Gasteiger partial charge in [-0.3, -0.25) is 37.7 Å². The van der Waals surface area contributed by atoms with Crippen LogP contribution in [0.15, 0.2) is 104 Å². The third-order valence-corrected chi connectivity index (χ3v) is 12.1. The van der Waals surface area contributed by atoms with Gasteiger partial charge in [-0.2, -0.15) is 31.6 Å². The molecule has 2 unspecified atom stereocenters. The van der Waals surface area contributed by atoms with Crippen LogP contribution < -0.4 is 22.5 Å². The first-order chi connectivity index (χ1) is 35.5. The lowest BCUT2D eigenvalue weighted by molar-refractivity contribution is -0.304. The summed E-state index contributed by atoms with van der Waals surface area (Å²) in [5.74, 6) is -7.78. The fourth-order valence-corrected chi connectivity index (χ4v) is 8.53. The molecule has 6 rings (SSSR count). The average molecular weight is 1100 g/mol. The van der Waals surface area contributed by atoms with Crippen LogP contribution in [0, 0.1) is 17.2 Å². The Morgan fingerprint density at radius 1 is 0.800 bits per heavy atom. The van der Waals surface area contributed by atoms with Crippen LogP contribution in [0.3, 0.4) is 0 Å². The molecule has 5 N–H and O–H groups in total. The number of carbonyl (C=O) groups is 2. The molecule has 75 heavy (non-hydrogen) atoms. The van der Waals surface area contributed by atoms with E-state index in [4.69, 9.17) is 46.7 Å². The van der Waals surface area contributed by atoms with Crippen molar-refractivity contribution >= 4 is 20.1 Å². The van der Waals surface area contributed by atoms with Crippen molar-refractivity contribution < 1.29 is 107 Å². The number of nitrogens with zero attached hydrogens (tertiary/aromatic N) is 3. The van der Waals surface area contributed by atoms with E-state index in [-0.39, 0.29) is 0 Å². The van der Waals surface area contributed by atoms with Gasteiger partial charge >= 0.3 is 43.9 Å². The van der Waals surface area contributed by atoms with Crippen molar-refractivity contribution in [1.29, 1.82) is 5.26 Å². The summed E-state index contributed by atoms with van der Waals surface area (Å²) in [6.07, 6.45) is -33.3. The third-order valence-electron chi connectivity index (χ3n) is 10.6. The zero-order valence-electron chi connectivity index (χ0n) is 38.0. The van der Waals surface area contributed by atoms with Gasteiger partial charge in [0.1, 0.15) is 26.1 Å². The van der Waals surface area contributed by atoms with Gasteiger partial charge in [0.15, 0.2) is 49.1 Å². The molecule has 0 aliphatic carbocycles. The second-order valence-corrected chi connectivity index (χ2v) is 17.2. The topological polar surface area (TPSA) is 347 Å². The Balaban J connectivity index is 1.37. The Morgan fingerprint density at radius 2 is 1.32 bits per heavy atom. The normalized spacial score (nSPS) is 24.0. The molecule has 0 spiro atoms. The highest BCUT2D eigenvalue weighted by molar-refractivity contribution is 7.48. The van der Waals surface area contributed by atoms with Crippen LogP contribution in [0.4, 0.5) is 35.9 Å². The third kappa shape index (κ3) is 14.8. The van der Waals surface area contributed by atoms with Gasteiger partial charge in [-0.05, 0) is 11.1 Å². The van der Waals surface area contributed by atoms with Crippen molar-refractivity contribution in [2.75, 3.05) is 26.6 Å². The molecule has 10 atom stereocenters. The van der Waals surface area contributed by atoms with Gasteiger partial charge in [0, 0.05) is 24.5 Å². The number of nitriles is 1. The number of phosphoric acid groups is 1. The molecule has 2 fully saturated rings. The van der Waals surface area contributed by atoms with E-state index in [0.29, 0.717) is 32.5 Å². The quantitative estimate of drug-likeness (QED) is 0.0248. The standard InChI is InChI=1S/C42H42F6N5O21P/c43-41(44,45)25(42(46,47)48)21-64-22-67-32-34(53-16-13-28(56)51-37(53)59)69-26(18-54)40(32,62)74-75(63,68-17-7-14-49)73-35(57)31-29(71-38(60)65-19-23-8-3-1-4-9-23)30(33(70-31)52-15-12-27(55)50-36(52)58)72-39(61)66-20-24-10-5-2-6-11-24/h1-6,8-13,15-16,25-26,29-35,54,57,62H,7,17-22H2,(H,50,55,58)(H,51,56,59)/t26-,29+,30-,31+,32+,33-,34-,35?,40+,75?/m1/s1. The van der Waals surface area contributed by atoms with Crippen LogP contribution in [0.5, 0.6) is 0 Å². The number of nitrogens with one attached hydrogen (secondary N) is 2. The van der Waals surface area contributed by atoms with Crippen molar-refractivity contribution in [1.82, 2.24) is 19.1 Å². The molecule has 26 nitrogen and oxygen atoms in total. The Labute approximate surface area is 414 Å². The molecule has 408 valence electrons. The van der Waals surface area contributed by atoms with E-state index >= 15 is 0 Å². The number of phosphoric ester groups is 1. The van der Waals surface area contributed by atoms with Crippen LogP contribution in [-0.4, -0.2) is 128 Å². The number of H-pyrrole nitrogens is 2. The minimum absolute atomic E-state index is 0.399. The van der Waals surface area contributed by atoms with Crippen LogP contribution in [0.2, 0.25) is 0 Å². The lowest BCUT2D eigenvalue weighted by Crippen LogP contribution is -2.53. The van der Waals surface area contributed by atoms with E-state index in [2.05, 4.69) is 4.74 Å². The maximum Gasteiger partial charge on any atom is 0.509 e. The van der Waals surface area contributed by atoms with Crippen molar-refractivity contribution in [3.05, 3.63) is 138 Å². The largest absolute Gasteiger partial charge is 0.509 e. The smallest absolute Gasteiger partial charge is 0.429 e. The van der Waals surface area contributed by atoms with E-state index in [9.17, 15) is 80.3 Å². The Hall–Kier alpha value is -6.76. The van der Waals surface area contributed by atoms with Crippen LogP contribution in [0.1, 0.15) is 30.0 Å². The highest BCUT2D eigenvalue weighted by Crippen LogP contribution is 2.58. The van der Waals surface area contributed by atoms with E-state index in [1.54, 1.807) is 59.6 Å². The molecule has 4 aromatic rings. The number of ether oxygens (including phenoxy) is 8. The Kier molecular flexibility index (Phi) is 19.0. The molecule has 0 radical (unpaired) electrons. The predicted octanol–water partition coefficient (Wildman–Crippen LogP) is 2.50. The molecule has 2 aromatic carbocycles. The first-order valence-corrected chi connectivity index (χ1v) is 23.0. The molecule has 0 amide bonds. The van der Waals surface area contributed by atoms with Crippen molar-refractivity contribution in [2.24, 2.45) is 5.92 Å². The van der Waals surface area contributed by atoms with Gasteiger partial charge in [-0.25, -0.2) is 28.3 Å². The van der Waals surface area contributed by atoms with Crippen LogP contribution in [-0.2, 0) is 69.2 Å². The molecule has 2 aliphatic rings. The first kappa shape index (κ1) is 57.5. The summed E-state index contributed by atoms with van der Waals surface area (Å²) in [6, 6.07) is 18.9. The molecule has 0 bridgehead atoms. The number of aromatic amines is 2. The number of halogens is 6. The summed E-state index contributed by atoms with van der Waals surface area (Å²) in [7, 11) is -6.02. The molecule has 0 saturated carbocycles. The summed E-state index contributed by atoms with van der Waals surface area (Å²) >= 11 is 0. The summed E-state index contributed by atoms with van der Waals surface area (Å²) in [5.41, 5.74) is -3.81. The lowest BCUT2D eigenvalue weighted by atomic mass is 10.1. The number of alkyl halides is 6. The number of aromatic nitrogens is 4. The zero-order valence-corrected chi connectivity index (χ0v) is 38.9. The van der Waals surface area contributed by atoms with Crippen molar-refractivity contribution in [3.8, 4) is 6.07 Å². The number of carbonyl (C=O) groups excluding carboxylic acids is 2. The first-order valence-electron chi connectivity index (χ1n) is 21.5. The highest BCUT2D eigenvalue weighted by atomic mass is 31.2. The SMILES string of the molecule is N#CCCOP(=O)(OC(O)[C@H]1O[C@@H](n2ccc(=O)[nH]c2=O)[C@H](OC(=O)OCc2ccccc2)[C@@H]1OC(=O)OCc1ccccc1)O[C@@]1(O)[C@@H](CO)O[C@@H](n2ccc(=O)[nH]c2=O)[C@@H]1OCOCC(C(F)(F)F)C(F)(F)F. The zero-order chi connectivity index (χ0) is 54.7. The molecule has 4 heterocycles. The van der Waals surface area contributed by atoms with Gasteiger partial charge in [-0.1, -0.05) is 60.7 Å². The van der Waals surface area contributed by atoms with Gasteiger partial charge in [0.2, 0.25) is 5.79 Å². The fourth-order valence-electron chi connectivity index (χ4n) is 7.09. The van der Waals surface area contributed by atoms with Crippen molar-refractivity contribution in [2.45, 2.75) is 87.0 Å². The average Bonchev–Trinajstić information content (AvgIpc) is 3.82. The number of hydrogen-bond donors (Lipinski definition) is 5. The monoisotopic (exact) mass is 1100 g/mol. The molecular weight excluding hydrogens is 1060 g/mol. The minimum Gasteiger partial charge on any atom is -0.429 e. The van der Waals surface area contributed by atoms with E-state index in [1.807, 2.05) is 4.98 Å². The van der Waals surface area contributed by atoms with Gasteiger partial charge in [0.05, 0.1) is 32.3 Å². The lowest BCUT2D eigenvalue weighted by Gasteiger charge is -2.35. The fraction of sp³-hybridized carbons (Fsp3) is 0.452. The van der Waals surface area contributed by atoms with Gasteiger partial charge in [0.25, 0.3) is 11.1 Å². The maximum absolute atomic E-state index is 14.9. The van der Waals surface area contributed by atoms with Gasteiger partial charge in [-0.15, -0.1) is 0 Å². The second kappa shape index (κ2) is 24.7. The highest BCUT2D eigenvalue weighted by Gasteiger charge is 2.64. The summed E-state index contributed by atoms with van der Waals surface area (Å²) in [5, 5.41) is 43.7. The Bertz CT molecular complexity index is 2890. The molecule has 2 aliphatic heterocycles. The van der Waals surface area contributed by atoms with E-state index < -0.39 is 162 Å². The number of aliphatic hydroxyl groups is 3. The summed E-state index contributed by atoms with van der Waals surface area (Å²) in [6.45, 7) is -7.22.